The first-order valence-electron chi connectivity index (χ1n) is 10.5. The summed E-state index contributed by atoms with van der Waals surface area (Å²) in [5.74, 6) is 0.944. The molecule has 1 aromatic heterocycles. The molecule has 0 fully saturated rings. The molecule has 1 heterocycles. The summed E-state index contributed by atoms with van der Waals surface area (Å²) in [5, 5.41) is 6.73. The maximum absolute atomic E-state index is 11.9. The first-order valence-corrected chi connectivity index (χ1v) is 10.5. The van der Waals surface area contributed by atoms with Crippen molar-refractivity contribution in [1.82, 2.24) is 15.5 Å². The van der Waals surface area contributed by atoms with Crippen LogP contribution in [0.15, 0.2) is 28.8 Å². The molecular formula is C23H33N3O4. The lowest BCUT2D eigenvalue weighted by Gasteiger charge is -2.10. The molecule has 0 unspecified atom stereocenters. The van der Waals surface area contributed by atoms with Crippen molar-refractivity contribution < 1.29 is 18.8 Å². The molecule has 0 atom stereocenters. The Balaban J connectivity index is 1.59. The minimum atomic E-state index is -0.412. The number of rotatable bonds is 10. The van der Waals surface area contributed by atoms with E-state index in [4.69, 9.17) is 9.26 Å². The van der Waals surface area contributed by atoms with E-state index < -0.39 is 5.97 Å². The first-order chi connectivity index (χ1) is 14.1. The van der Waals surface area contributed by atoms with Crippen LogP contribution in [0.1, 0.15) is 76.2 Å². The van der Waals surface area contributed by atoms with Crippen molar-refractivity contribution in [3.63, 3.8) is 0 Å². The summed E-state index contributed by atoms with van der Waals surface area (Å²) in [6.45, 7) is 10.6. The molecule has 0 spiro atoms. The predicted molar refractivity (Wildman–Crippen MR) is 114 cm³/mol. The average Bonchev–Trinajstić information content (AvgIpc) is 3.16. The molecule has 0 radical (unpaired) electrons. The molecule has 0 saturated heterocycles. The van der Waals surface area contributed by atoms with Gasteiger partial charge in [-0.25, -0.2) is 0 Å². The number of nitrogens with zero attached hydrogens (tertiary/aromatic N) is 2. The maximum atomic E-state index is 11.9. The van der Waals surface area contributed by atoms with Gasteiger partial charge in [0.25, 0.3) is 5.91 Å². The normalized spacial score (nSPS) is 11.5. The second kappa shape index (κ2) is 10.9. The van der Waals surface area contributed by atoms with E-state index >= 15 is 0 Å². The zero-order valence-corrected chi connectivity index (χ0v) is 18.7. The number of ether oxygens (including phenoxy) is 1. The van der Waals surface area contributed by atoms with Gasteiger partial charge in [0.2, 0.25) is 5.89 Å². The first kappa shape index (κ1) is 23.6. The fraction of sp³-hybridized carbons (Fsp3) is 0.565. The SMILES string of the molecule is CC(C)c1ccc(CCNC(=O)COC(=O)CCCc2nc(C(C)(C)C)no2)cc1. The molecule has 0 aliphatic carbocycles. The Morgan fingerprint density at radius 3 is 2.43 bits per heavy atom. The summed E-state index contributed by atoms with van der Waals surface area (Å²) < 4.78 is 10.2. The summed E-state index contributed by atoms with van der Waals surface area (Å²) in [5.41, 5.74) is 2.28. The van der Waals surface area contributed by atoms with Crippen LogP contribution in [-0.4, -0.2) is 35.2 Å². The molecule has 164 valence electrons. The number of carbonyl (C=O) groups is 2. The van der Waals surface area contributed by atoms with Crippen molar-refractivity contribution in [3.8, 4) is 0 Å². The molecule has 0 aliphatic heterocycles. The topological polar surface area (TPSA) is 94.3 Å². The fourth-order valence-corrected chi connectivity index (χ4v) is 2.73. The number of hydrogen-bond acceptors (Lipinski definition) is 6. The van der Waals surface area contributed by atoms with E-state index in [1.807, 2.05) is 20.8 Å². The molecule has 0 bridgehead atoms. The largest absolute Gasteiger partial charge is 0.456 e. The van der Waals surface area contributed by atoms with Crippen LogP contribution in [0.5, 0.6) is 0 Å². The third kappa shape index (κ3) is 7.97. The number of hydrogen-bond donors (Lipinski definition) is 1. The zero-order valence-electron chi connectivity index (χ0n) is 18.7. The lowest BCUT2D eigenvalue weighted by Crippen LogP contribution is -2.30. The second-order valence-electron chi connectivity index (χ2n) is 8.77. The summed E-state index contributed by atoms with van der Waals surface area (Å²) in [6.07, 6.45) is 1.96. The van der Waals surface area contributed by atoms with Crippen molar-refractivity contribution in [2.75, 3.05) is 13.2 Å². The third-order valence-corrected chi connectivity index (χ3v) is 4.66. The number of amides is 1. The molecular weight excluding hydrogens is 382 g/mol. The van der Waals surface area contributed by atoms with Crippen molar-refractivity contribution in [3.05, 3.63) is 47.1 Å². The van der Waals surface area contributed by atoms with Crippen LogP contribution >= 0.6 is 0 Å². The Labute approximate surface area is 178 Å². The minimum absolute atomic E-state index is 0.175. The minimum Gasteiger partial charge on any atom is -0.456 e. The Morgan fingerprint density at radius 1 is 1.13 bits per heavy atom. The van der Waals surface area contributed by atoms with Gasteiger partial charge in [-0.2, -0.15) is 4.98 Å². The van der Waals surface area contributed by atoms with Crippen molar-refractivity contribution in [2.24, 2.45) is 0 Å². The van der Waals surface area contributed by atoms with Gasteiger partial charge in [-0.1, -0.05) is 64.0 Å². The Bertz CT molecular complexity index is 820. The fourth-order valence-electron chi connectivity index (χ4n) is 2.73. The van der Waals surface area contributed by atoms with Crippen LogP contribution in [0.3, 0.4) is 0 Å². The Kier molecular flexibility index (Phi) is 8.57. The third-order valence-electron chi connectivity index (χ3n) is 4.66. The highest BCUT2D eigenvalue weighted by Crippen LogP contribution is 2.19. The van der Waals surface area contributed by atoms with Gasteiger partial charge in [0.1, 0.15) is 0 Å². The number of benzene rings is 1. The smallest absolute Gasteiger partial charge is 0.306 e. The second-order valence-corrected chi connectivity index (χ2v) is 8.77. The standard InChI is InChI=1S/C23H33N3O4/c1-16(2)18-11-9-17(10-12-18)13-14-24-19(27)15-29-21(28)8-6-7-20-25-22(26-30-20)23(3,4)5/h9-12,16H,6-8,13-15H2,1-5H3,(H,24,27). The van der Waals surface area contributed by atoms with Gasteiger partial charge in [0.05, 0.1) is 0 Å². The molecule has 7 nitrogen and oxygen atoms in total. The quantitative estimate of drug-likeness (QED) is 0.595. The maximum Gasteiger partial charge on any atom is 0.306 e. The average molecular weight is 416 g/mol. The highest BCUT2D eigenvalue weighted by Gasteiger charge is 2.20. The van der Waals surface area contributed by atoms with Crippen LogP contribution in [0.4, 0.5) is 0 Å². The van der Waals surface area contributed by atoms with Gasteiger partial charge >= 0.3 is 5.97 Å². The van der Waals surface area contributed by atoms with Gasteiger partial charge in [-0.05, 0) is 29.9 Å². The van der Waals surface area contributed by atoms with Gasteiger partial charge in [0.15, 0.2) is 12.4 Å². The summed E-state index contributed by atoms with van der Waals surface area (Å²) >= 11 is 0. The molecule has 7 heteroatoms. The van der Waals surface area contributed by atoms with E-state index in [2.05, 4.69) is 53.6 Å². The van der Waals surface area contributed by atoms with E-state index in [-0.39, 0.29) is 24.3 Å². The van der Waals surface area contributed by atoms with Crippen molar-refractivity contribution >= 4 is 11.9 Å². The Hall–Kier alpha value is -2.70. The van der Waals surface area contributed by atoms with Gasteiger partial charge in [0, 0.05) is 24.8 Å². The lowest BCUT2D eigenvalue weighted by atomic mass is 9.96. The predicted octanol–water partition coefficient (Wildman–Crippen LogP) is 3.72. The van der Waals surface area contributed by atoms with Crippen LogP contribution in [0.2, 0.25) is 0 Å². The van der Waals surface area contributed by atoms with Crippen molar-refractivity contribution in [1.29, 1.82) is 0 Å². The molecule has 0 saturated carbocycles. The Morgan fingerprint density at radius 2 is 1.83 bits per heavy atom. The lowest BCUT2D eigenvalue weighted by molar-refractivity contribution is -0.148. The molecule has 0 aliphatic rings. The van der Waals surface area contributed by atoms with E-state index in [9.17, 15) is 9.59 Å². The number of aromatic nitrogens is 2. The number of aryl methyl sites for hydroxylation is 1. The van der Waals surface area contributed by atoms with Gasteiger partial charge in [-0.3, -0.25) is 9.59 Å². The monoisotopic (exact) mass is 415 g/mol. The molecule has 2 aromatic rings. The highest BCUT2D eigenvalue weighted by atomic mass is 16.5. The molecule has 2 rings (SSSR count). The van der Waals surface area contributed by atoms with Crippen molar-refractivity contribution in [2.45, 2.75) is 71.6 Å². The van der Waals surface area contributed by atoms with Gasteiger partial charge < -0.3 is 14.6 Å². The summed E-state index contributed by atoms with van der Waals surface area (Å²) in [6, 6.07) is 8.38. The highest BCUT2D eigenvalue weighted by molar-refractivity contribution is 5.80. The van der Waals surface area contributed by atoms with Gasteiger partial charge in [-0.15, -0.1) is 0 Å². The molecule has 1 amide bonds. The molecule has 1 N–H and O–H groups in total. The number of esters is 1. The number of nitrogens with one attached hydrogen (secondary N) is 1. The summed E-state index contributed by atoms with van der Waals surface area (Å²) in [4.78, 5) is 28.0. The summed E-state index contributed by atoms with van der Waals surface area (Å²) in [7, 11) is 0. The van der Waals surface area contributed by atoms with E-state index in [0.29, 0.717) is 37.0 Å². The van der Waals surface area contributed by atoms with Crippen LogP contribution in [-0.2, 0) is 32.6 Å². The van der Waals surface area contributed by atoms with E-state index in [0.717, 1.165) is 12.0 Å². The van der Waals surface area contributed by atoms with Crippen LogP contribution in [0.25, 0.3) is 0 Å². The molecule has 30 heavy (non-hydrogen) atoms. The van der Waals surface area contributed by atoms with E-state index in [1.165, 1.54) is 5.56 Å². The molecule has 1 aromatic carbocycles. The van der Waals surface area contributed by atoms with E-state index in [1.54, 1.807) is 0 Å². The van der Waals surface area contributed by atoms with Crippen LogP contribution < -0.4 is 5.32 Å². The number of carbonyl (C=O) groups excluding carboxylic acids is 2. The van der Waals surface area contributed by atoms with Crippen LogP contribution in [0, 0.1) is 0 Å². The zero-order chi connectivity index (χ0) is 22.1.